The number of rotatable bonds is 6. The van der Waals surface area contributed by atoms with Gasteiger partial charge in [0.05, 0.1) is 6.61 Å². The van der Waals surface area contributed by atoms with Gasteiger partial charge in [-0.25, -0.2) is 0 Å². The molecule has 17 heavy (non-hydrogen) atoms. The number of nitrogens with one attached hydrogen (secondary N) is 1. The summed E-state index contributed by atoms with van der Waals surface area (Å²) in [4.78, 5) is 13.9. The van der Waals surface area contributed by atoms with Crippen molar-refractivity contribution >= 4 is 5.91 Å². The summed E-state index contributed by atoms with van der Waals surface area (Å²) in [5, 5.41) is 3.05. The van der Waals surface area contributed by atoms with Crippen molar-refractivity contribution < 1.29 is 9.53 Å². The molecule has 1 atom stereocenters. The molecule has 0 radical (unpaired) electrons. The first kappa shape index (κ1) is 14.4. The fraction of sp³-hybridized carbons (Fsp3) is 0.917. The summed E-state index contributed by atoms with van der Waals surface area (Å²) in [6, 6.07) is 0.261. The van der Waals surface area contributed by atoms with Crippen molar-refractivity contribution in [3.63, 3.8) is 0 Å². The largest absolute Gasteiger partial charge is 0.383 e. The molecule has 0 aromatic carbocycles. The highest BCUT2D eigenvalue weighted by molar-refractivity contribution is 5.76. The number of amides is 1. The van der Waals surface area contributed by atoms with Crippen LogP contribution in [0.2, 0.25) is 0 Å². The number of hydrogen-bond acceptors (Lipinski definition) is 4. The molecule has 1 amide bonds. The van der Waals surface area contributed by atoms with Crippen LogP contribution >= 0.6 is 0 Å². The summed E-state index contributed by atoms with van der Waals surface area (Å²) >= 11 is 0. The molecule has 5 heteroatoms. The second kappa shape index (κ2) is 7.63. The van der Waals surface area contributed by atoms with E-state index in [-0.39, 0.29) is 11.9 Å². The van der Waals surface area contributed by atoms with Crippen LogP contribution in [0.1, 0.15) is 26.2 Å². The van der Waals surface area contributed by atoms with Crippen LogP contribution in [0.25, 0.3) is 0 Å². The van der Waals surface area contributed by atoms with Gasteiger partial charge < -0.3 is 20.7 Å². The van der Waals surface area contributed by atoms with E-state index in [0.29, 0.717) is 12.5 Å². The molecule has 1 aliphatic rings. The van der Waals surface area contributed by atoms with Gasteiger partial charge in [0.1, 0.15) is 0 Å². The van der Waals surface area contributed by atoms with Crippen LogP contribution in [0.5, 0.6) is 0 Å². The van der Waals surface area contributed by atoms with Crippen molar-refractivity contribution in [3.05, 3.63) is 0 Å². The van der Waals surface area contributed by atoms with Crippen LogP contribution in [-0.4, -0.2) is 56.2 Å². The second-order valence-corrected chi connectivity index (χ2v) is 4.86. The molecule has 3 N–H and O–H groups in total. The molecule has 0 bridgehead atoms. The first-order chi connectivity index (χ1) is 8.11. The summed E-state index contributed by atoms with van der Waals surface area (Å²) in [6.07, 6.45) is 2.46. The van der Waals surface area contributed by atoms with Gasteiger partial charge in [-0.2, -0.15) is 0 Å². The molecule has 0 aromatic heterocycles. The summed E-state index contributed by atoms with van der Waals surface area (Å²) in [5.41, 5.74) is 5.59. The van der Waals surface area contributed by atoms with Crippen molar-refractivity contribution in [2.24, 2.45) is 5.73 Å². The lowest BCUT2D eigenvalue weighted by molar-refractivity contribution is -0.122. The van der Waals surface area contributed by atoms with Crippen molar-refractivity contribution in [2.45, 2.75) is 38.3 Å². The minimum Gasteiger partial charge on any atom is -0.383 e. The van der Waals surface area contributed by atoms with E-state index in [1.807, 2.05) is 6.92 Å². The standard InChI is InChI=1S/C12H25N3O2/c1-10(13)9-12(16)14-11-3-5-15(6-4-11)7-8-17-2/h10-11H,3-9,13H2,1-2H3,(H,14,16). The van der Waals surface area contributed by atoms with Gasteiger partial charge in [-0.1, -0.05) is 0 Å². The predicted octanol–water partition coefficient (Wildman–Crippen LogP) is -0.0493. The summed E-state index contributed by atoms with van der Waals surface area (Å²) in [6.45, 7) is 5.69. The van der Waals surface area contributed by atoms with Gasteiger partial charge in [-0.3, -0.25) is 4.79 Å². The maximum atomic E-state index is 11.6. The van der Waals surface area contributed by atoms with Crippen molar-refractivity contribution in [1.29, 1.82) is 0 Å². The minimum atomic E-state index is -0.0585. The Morgan fingerprint density at radius 2 is 2.18 bits per heavy atom. The number of nitrogens with two attached hydrogens (primary N) is 1. The molecule has 5 nitrogen and oxygen atoms in total. The first-order valence-corrected chi connectivity index (χ1v) is 6.38. The fourth-order valence-corrected chi connectivity index (χ4v) is 2.10. The van der Waals surface area contributed by atoms with Gasteiger partial charge in [0.25, 0.3) is 0 Å². The molecule has 0 aromatic rings. The van der Waals surface area contributed by atoms with E-state index in [1.165, 1.54) is 0 Å². The van der Waals surface area contributed by atoms with Gasteiger partial charge in [0.2, 0.25) is 5.91 Å². The smallest absolute Gasteiger partial charge is 0.221 e. The van der Waals surface area contributed by atoms with Gasteiger partial charge in [0, 0.05) is 45.2 Å². The SMILES string of the molecule is COCCN1CCC(NC(=O)CC(C)N)CC1. The van der Waals surface area contributed by atoms with Gasteiger partial charge >= 0.3 is 0 Å². The monoisotopic (exact) mass is 243 g/mol. The highest BCUT2D eigenvalue weighted by Crippen LogP contribution is 2.10. The van der Waals surface area contributed by atoms with Gasteiger partial charge in [-0.15, -0.1) is 0 Å². The zero-order valence-corrected chi connectivity index (χ0v) is 10.9. The maximum Gasteiger partial charge on any atom is 0.221 e. The van der Waals surface area contributed by atoms with E-state index in [2.05, 4.69) is 10.2 Å². The molecular formula is C12H25N3O2. The predicted molar refractivity (Wildman–Crippen MR) is 67.7 cm³/mol. The molecule has 1 heterocycles. The topological polar surface area (TPSA) is 67.6 Å². The minimum absolute atomic E-state index is 0.0585. The van der Waals surface area contributed by atoms with Crippen LogP contribution < -0.4 is 11.1 Å². The first-order valence-electron chi connectivity index (χ1n) is 6.38. The van der Waals surface area contributed by atoms with E-state index in [1.54, 1.807) is 7.11 Å². The number of ether oxygens (including phenoxy) is 1. The van der Waals surface area contributed by atoms with Crippen LogP contribution in [0.3, 0.4) is 0 Å². The Labute approximate surface area is 104 Å². The highest BCUT2D eigenvalue weighted by atomic mass is 16.5. The van der Waals surface area contributed by atoms with Crippen LogP contribution in [0, 0.1) is 0 Å². The Morgan fingerprint density at radius 1 is 1.53 bits per heavy atom. The molecule has 100 valence electrons. The zero-order chi connectivity index (χ0) is 12.7. The van der Waals surface area contributed by atoms with E-state index in [9.17, 15) is 4.79 Å². The molecule has 0 spiro atoms. The second-order valence-electron chi connectivity index (χ2n) is 4.86. The van der Waals surface area contributed by atoms with Crippen molar-refractivity contribution in [3.8, 4) is 0 Å². The lowest BCUT2D eigenvalue weighted by Gasteiger charge is -2.32. The molecule has 1 rings (SSSR count). The molecule has 1 saturated heterocycles. The molecule has 1 fully saturated rings. The Balaban J connectivity index is 2.16. The number of carbonyl (C=O) groups is 1. The van der Waals surface area contributed by atoms with Crippen molar-refractivity contribution in [2.75, 3.05) is 33.4 Å². The fourth-order valence-electron chi connectivity index (χ4n) is 2.10. The average Bonchev–Trinajstić information content (AvgIpc) is 2.27. The lowest BCUT2D eigenvalue weighted by atomic mass is 10.0. The highest BCUT2D eigenvalue weighted by Gasteiger charge is 2.20. The van der Waals surface area contributed by atoms with E-state index in [4.69, 9.17) is 10.5 Å². The van der Waals surface area contributed by atoms with Gasteiger partial charge in [0.15, 0.2) is 0 Å². The van der Waals surface area contributed by atoms with Crippen LogP contribution in [0.15, 0.2) is 0 Å². The third-order valence-electron chi connectivity index (χ3n) is 3.07. The summed E-state index contributed by atoms with van der Waals surface area (Å²) < 4.78 is 5.05. The summed E-state index contributed by atoms with van der Waals surface area (Å²) in [5.74, 6) is 0.0790. The maximum absolute atomic E-state index is 11.6. The van der Waals surface area contributed by atoms with Gasteiger partial charge in [-0.05, 0) is 19.8 Å². The number of piperidine rings is 1. The Bertz CT molecular complexity index is 226. The van der Waals surface area contributed by atoms with E-state index in [0.717, 1.165) is 39.1 Å². The number of nitrogens with zero attached hydrogens (tertiary/aromatic N) is 1. The normalized spacial score (nSPS) is 20.2. The Hall–Kier alpha value is -0.650. The molecule has 1 unspecified atom stereocenters. The molecule has 1 aliphatic heterocycles. The zero-order valence-electron chi connectivity index (χ0n) is 10.9. The number of methoxy groups -OCH3 is 1. The van der Waals surface area contributed by atoms with Crippen LogP contribution in [0.4, 0.5) is 0 Å². The average molecular weight is 243 g/mol. The Morgan fingerprint density at radius 3 is 2.71 bits per heavy atom. The molecule has 0 aliphatic carbocycles. The van der Waals surface area contributed by atoms with E-state index < -0.39 is 0 Å². The number of hydrogen-bond donors (Lipinski definition) is 2. The molecule has 0 saturated carbocycles. The van der Waals surface area contributed by atoms with Crippen molar-refractivity contribution in [1.82, 2.24) is 10.2 Å². The lowest BCUT2D eigenvalue weighted by Crippen LogP contribution is -2.46. The number of likely N-dealkylation sites (tertiary alicyclic amines) is 1. The quantitative estimate of drug-likeness (QED) is 0.686. The number of carbonyl (C=O) groups excluding carboxylic acids is 1. The Kier molecular flexibility index (Phi) is 6.47. The summed E-state index contributed by atoms with van der Waals surface area (Å²) in [7, 11) is 1.72. The van der Waals surface area contributed by atoms with Crippen LogP contribution in [-0.2, 0) is 9.53 Å². The third kappa shape index (κ3) is 6.00. The third-order valence-corrected chi connectivity index (χ3v) is 3.07. The van der Waals surface area contributed by atoms with E-state index >= 15 is 0 Å². The molecular weight excluding hydrogens is 218 g/mol.